The van der Waals surface area contributed by atoms with Crippen molar-refractivity contribution < 1.29 is 0 Å². The van der Waals surface area contributed by atoms with Gasteiger partial charge in [-0.05, 0) is 24.6 Å². The van der Waals surface area contributed by atoms with Gasteiger partial charge >= 0.3 is 0 Å². The first-order chi connectivity index (χ1) is 6.49. The Hall–Kier alpha value is -0.380. The molecule has 1 rings (SSSR count). The molecule has 1 atom stereocenters. The van der Waals surface area contributed by atoms with Gasteiger partial charge in [-0.1, -0.05) is 20.8 Å². The Morgan fingerprint density at radius 3 is 2.43 bits per heavy atom. The van der Waals surface area contributed by atoms with Crippen LogP contribution in [0.25, 0.3) is 0 Å². The van der Waals surface area contributed by atoms with E-state index in [2.05, 4.69) is 38.2 Å². The number of rotatable bonds is 3. The zero-order chi connectivity index (χ0) is 10.8. The summed E-state index contributed by atoms with van der Waals surface area (Å²) in [6.45, 7) is 7.36. The minimum Gasteiger partial charge on any atom is -0.329 e. The molecular weight excluding hydrogens is 192 g/mol. The summed E-state index contributed by atoms with van der Waals surface area (Å²) < 4.78 is 0. The molecule has 0 aromatic carbocycles. The molecule has 3 N–H and O–H groups in total. The smallest absolute Gasteiger partial charge is 0.0536 e. The molecule has 1 aromatic heterocycles. The summed E-state index contributed by atoms with van der Waals surface area (Å²) in [5.74, 6) is 0. The summed E-state index contributed by atoms with van der Waals surface area (Å²) in [4.78, 5) is 2.75. The van der Waals surface area contributed by atoms with Crippen molar-refractivity contribution in [1.29, 1.82) is 0 Å². The van der Waals surface area contributed by atoms with Crippen molar-refractivity contribution >= 4 is 11.3 Å². The number of hydrogen-bond acceptors (Lipinski definition) is 3. The molecule has 0 fully saturated rings. The first-order valence-corrected chi connectivity index (χ1v) is 5.78. The summed E-state index contributed by atoms with van der Waals surface area (Å²) in [5, 5.41) is 3.22. The fourth-order valence-corrected chi connectivity index (χ4v) is 2.51. The lowest BCUT2D eigenvalue weighted by molar-refractivity contribution is 0.603. The van der Waals surface area contributed by atoms with Gasteiger partial charge in [-0.2, -0.15) is 0 Å². The third kappa shape index (κ3) is 2.56. The summed E-state index contributed by atoms with van der Waals surface area (Å²) in [7, 11) is 1.95. The SMILES string of the molecule is CNC(CN)c1ccc(C(C)(C)C)s1. The molecule has 14 heavy (non-hydrogen) atoms. The molecule has 0 spiro atoms. The molecule has 2 nitrogen and oxygen atoms in total. The molecule has 0 radical (unpaired) electrons. The molecule has 1 unspecified atom stereocenters. The van der Waals surface area contributed by atoms with Crippen molar-refractivity contribution in [3.8, 4) is 0 Å². The monoisotopic (exact) mass is 212 g/mol. The van der Waals surface area contributed by atoms with Crippen LogP contribution in [0.5, 0.6) is 0 Å². The quantitative estimate of drug-likeness (QED) is 0.806. The Kier molecular flexibility index (Phi) is 3.70. The van der Waals surface area contributed by atoms with E-state index in [1.54, 1.807) is 0 Å². The molecule has 0 aliphatic heterocycles. The lowest BCUT2D eigenvalue weighted by atomic mass is 9.95. The van der Waals surface area contributed by atoms with E-state index in [0.717, 1.165) is 0 Å². The summed E-state index contributed by atoms with van der Waals surface area (Å²) in [6.07, 6.45) is 0. The van der Waals surface area contributed by atoms with E-state index in [9.17, 15) is 0 Å². The normalized spacial score (nSPS) is 14.4. The van der Waals surface area contributed by atoms with Gasteiger partial charge in [-0.15, -0.1) is 11.3 Å². The number of likely N-dealkylation sites (N-methyl/N-ethyl adjacent to an activating group) is 1. The summed E-state index contributed by atoms with van der Waals surface area (Å²) in [6, 6.07) is 4.69. The van der Waals surface area contributed by atoms with Crippen molar-refractivity contribution in [3.05, 3.63) is 21.9 Å². The molecule has 0 amide bonds. The summed E-state index contributed by atoms with van der Waals surface area (Å²) >= 11 is 1.85. The second kappa shape index (κ2) is 4.43. The Balaban J connectivity index is 2.87. The first kappa shape index (κ1) is 11.7. The maximum atomic E-state index is 5.68. The van der Waals surface area contributed by atoms with E-state index >= 15 is 0 Å². The highest BCUT2D eigenvalue weighted by Crippen LogP contribution is 2.31. The molecule has 80 valence electrons. The average Bonchev–Trinajstić information content (AvgIpc) is 2.54. The molecule has 0 saturated carbocycles. The Labute approximate surface area is 90.5 Å². The second-order valence-electron chi connectivity index (χ2n) is 4.53. The van der Waals surface area contributed by atoms with Crippen LogP contribution in [0.15, 0.2) is 12.1 Å². The van der Waals surface area contributed by atoms with Crippen LogP contribution in [0.4, 0.5) is 0 Å². The van der Waals surface area contributed by atoms with E-state index in [4.69, 9.17) is 5.73 Å². The van der Waals surface area contributed by atoms with Gasteiger partial charge in [0.05, 0.1) is 6.04 Å². The average molecular weight is 212 g/mol. The predicted octanol–water partition coefficient (Wildman–Crippen LogP) is 2.26. The highest BCUT2D eigenvalue weighted by molar-refractivity contribution is 7.12. The fourth-order valence-electron chi connectivity index (χ4n) is 1.32. The Morgan fingerprint density at radius 1 is 1.43 bits per heavy atom. The highest BCUT2D eigenvalue weighted by atomic mass is 32.1. The lowest BCUT2D eigenvalue weighted by Crippen LogP contribution is -2.23. The van der Waals surface area contributed by atoms with Crippen LogP contribution in [0.2, 0.25) is 0 Å². The minimum atomic E-state index is 0.246. The van der Waals surface area contributed by atoms with Gasteiger partial charge in [-0.3, -0.25) is 0 Å². The first-order valence-electron chi connectivity index (χ1n) is 4.96. The molecule has 0 aliphatic carbocycles. The third-order valence-electron chi connectivity index (χ3n) is 2.29. The van der Waals surface area contributed by atoms with Crippen LogP contribution < -0.4 is 11.1 Å². The molecule has 0 bridgehead atoms. The van der Waals surface area contributed by atoms with E-state index in [1.807, 2.05) is 18.4 Å². The predicted molar refractivity (Wildman–Crippen MR) is 63.9 cm³/mol. The minimum absolute atomic E-state index is 0.246. The lowest BCUT2D eigenvalue weighted by Gasteiger charge is -2.16. The number of hydrogen-bond donors (Lipinski definition) is 2. The maximum absolute atomic E-state index is 5.68. The van der Waals surface area contributed by atoms with Gasteiger partial charge in [0, 0.05) is 16.3 Å². The van der Waals surface area contributed by atoms with Gasteiger partial charge in [0.2, 0.25) is 0 Å². The highest BCUT2D eigenvalue weighted by Gasteiger charge is 2.18. The Bertz CT molecular complexity index is 282. The van der Waals surface area contributed by atoms with E-state index in [0.29, 0.717) is 12.6 Å². The number of nitrogens with one attached hydrogen (secondary N) is 1. The van der Waals surface area contributed by atoms with Crippen molar-refractivity contribution in [2.45, 2.75) is 32.2 Å². The number of nitrogens with two attached hydrogens (primary N) is 1. The van der Waals surface area contributed by atoms with Crippen LogP contribution in [-0.2, 0) is 5.41 Å². The van der Waals surface area contributed by atoms with Crippen molar-refractivity contribution in [3.63, 3.8) is 0 Å². The standard InChI is InChI=1S/C11H20N2S/c1-11(2,3)10-6-5-9(14-10)8(7-12)13-4/h5-6,8,13H,7,12H2,1-4H3. The van der Waals surface area contributed by atoms with Gasteiger partial charge in [0.25, 0.3) is 0 Å². The molecule has 0 aliphatic rings. The number of thiophene rings is 1. The molecular formula is C11H20N2S. The van der Waals surface area contributed by atoms with E-state index in [-0.39, 0.29) is 5.41 Å². The topological polar surface area (TPSA) is 38.0 Å². The van der Waals surface area contributed by atoms with Crippen molar-refractivity contribution in [2.75, 3.05) is 13.6 Å². The Morgan fingerprint density at radius 2 is 2.07 bits per heavy atom. The van der Waals surface area contributed by atoms with Gasteiger partial charge < -0.3 is 11.1 Å². The maximum Gasteiger partial charge on any atom is 0.0536 e. The van der Waals surface area contributed by atoms with Crippen molar-refractivity contribution in [2.24, 2.45) is 5.73 Å². The summed E-state index contributed by atoms with van der Waals surface area (Å²) in [5.41, 5.74) is 5.92. The van der Waals surface area contributed by atoms with Crippen molar-refractivity contribution in [1.82, 2.24) is 5.32 Å². The van der Waals surface area contributed by atoms with Crippen LogP contribution >= 0.6 is 11.3 Å². The van der Waals surface area contributed by atoms with Gasteiger partial charge in [0.15, 0.2) is 0 Å². The molecule has 1 aromatic rings. The van der Waals surface area contributed by atoms with Crippen LogP contribution in [0, 0.1) is 0 Å². The van der Waals surface area contributed by atoms with E-state index < -0.39 is 0 Å². The molecule has 3 heteroatoms. The van der Waals surface area contributed by atoms with Crippen LogP contribution in [0.3, 0.4) is 0 Å². The van der Waals surface area contributed by atoms with Gasteiger partial charge in [-0.25, -0.2) is 0 Å². The zero-order valence-electron chi connectivity index (χ0n) is 9.42. The molecule has 0 saturated heterocycles. The largest absolute Gasteiger partial charge is 0.329 e. The van der Waals surface area contributed by atoms with E-state index in [1.165, 1.54) is 9.75 Å². The van der Waals surface area contributed by atoms with Crippen LogP contribution in [0.1, 0.15) is 36.6 Å². The fraction of sp³-hybridized carbons (Fsp3) is 0.636. The second-order valence-corrected chi connectivity index (χ2v) is 5.64. The zero-order valence-corrected chi connectivity index (χ0v) is 10.2. The third-order valence-corrected chi connectivity index (χ3v) is 3.92. The van der Waals surface area contributed by atoms with Crippen LogP contribution in [-0.4, -0.2) is 13.6 Å². The van der Waals surface area contributed by atoms with Gasteiger partial charge in [0.1, 0.15) is 0 Å². The molecule has 1 heterocycles.